The second-order valence-electron chi connectivity index (χ2n) is 2.90. The highest BCUT2D eigenvalue weighted by atomic mass is 16.2. The molecule has 0 unspecified atom stereocenters. The molecule has 0 fully saturated rings. The van der Waals surface area contributed by atoms with Gasteiger partial charge < -0.3 is 0 Å². The third kappa shape index (κ3) is 0.867. The van der Waals surface area contributed by atoms with Gasteiger partial charge in [-0.3, -0.25) is 9.20 Å². The Hall–Kier alpha value is -1.78. The van der Waals surface area contributed by atoms with E-state index < -0.39 is 0 Å². The van der Waals surface area contributed by atoms with Crippen LogP contribution in [0.1, 0.15) is 0 Å². The highest BCUT2D eigenvalue weighted by Crippen LogP contribution is 1.92. The maximum absolute atomic E-state index is 11.5. The van der Waals surface area contributed by atoms with Gasteiger partial charge in [-0.1, -0.05) is 0 Å². The number of aromatic nitrogens is 3. The van der Waals surface area contributed by atoms with Crippen LogP contribution < -0.4 is 11.2 Å². The standard InChI is InChI=1S/C8H9N3O2/c1-9-7(12)6-4-3-5-11(6)8(13)10(9)2/h3-5H,1-2H3. The molecule has 0 bridgehead atoms. The zero-order valence-corrected chi connectivity index (χ0v) is 7.39. The van der Waals surface area contributed by atoms with Crippen molar-refractivity contribution in [3.63, 3.8) is 0 Å². The maximum Gasteiger partial charge on any atom is 0.347 e. The van der Waals surface area contributed by atoms with E-state index in [0.717, 1.165) is 0 Å². The van der Waals surface area contributed by atoms with Crippen LogP contribution in [0.4, 0.5) is 0 Å². The molecule has 0 aliphatic rings. The van der Waals surface area contributed by atoms with Crippen LogP contribution in [-0.4, -0.2) is 13.8 Å². The predicted molar refractivity (Wildman–Crippen MR) is 47.9 cm³/mol. The summed E-state index contributed by atoms with van der Waals surface area (Å²) < 4.78 is 3.90. The second-order valence-corrected chi connectivity index (χ2v) is 2.90. The van der Waals surface area contributed by atoms with E-state index in [2.05, 4.69) is 0 Å². The molecule has 0 atom stereocenters. The molecule has 0 amide bonds. The molecule has 2 aromatic heterocycles. The average Bonchev–Trinajstić information content (AvgIpc) is 2.59. The quantitative estimate of drug-likeness (QED) is 0.539. The summed E-state index contributed by atoms with van der Waals surface area (Å²) in [5.41, 5.74) is 0.0137. The summed E-state index contributed by atoms with van der Waals surface area (Å²) in [6.07, 6.45) is 1.58. The van der Waals surface area contributed by atoms with E-state index in [1.165, 1.54) is 13.8 Å². The van der Waals surface area contributed by atoms with Crippen molar-refractivity contribution in [3.05, 3.63) is 39.2 Å². The fourth-order valence-corrected chi connectivity index (χ4v) is 1.31. The van der Waals surface area contributed by atoms with Gasteiger partial charge in [0.1, 0.15) is 5.52 Å². The molecule has 0 aromatic carbocycles. The fourth-order valence-electron chi connectivity index (χ4n) is 1.31. The third-order valence-electron chi connectivity index (χ3n) is 2.19. The Morgan fingerprint density at radius 2 is 1.85 bits per heavy atom. The van der Waals surface area contributed by atoms with E-state index in [0.29, 0.717) is 5.52 Å². The lowest BCUT2D eigenvalue weighted by Gasteiger charge is -2.05. The van der Waals surface area contributed by atoms with Crippen LogP contribution in [-0.2, 0) is 14.1 Å². The molecule has 0 spiro atoms. The molecular weight excluding hydrogens is 170 g/mol. The van der Waals surface area contributed by atoms with E-state index in [9.17, 15) is 9.59 Å². The average molecular weight is 179 g/mol. The third-order valence-corrected chi connectivity index (χ3v) is 2.19. The highest BCUT2D eigenvalue weighted by Gasteiger charge is 2.05. The van der Waals surface area contributed by atoms with Crippen molar-refractivity contribution >= 4 is 5.52 Å². The minimum absolute atomic E-state index is 0.174. The summed E-state index contributed by atoms with van der Waals surface area (Å²) in [7, 11) is 3.12. The molecule has 0 aliphatic carbocycles. The van der Waals surface area contributed by atoms with E-state index in [-0.39, 0.29) is 11.2 Å². The van der Waals surface area contributed by atoms with Crippen LogP contribution in [0.25, 0.3) is 5.52 Å². The Balaban J connectivity index is 3.21. The lowest BCUT2D eigenvalue weighted by molar-refractivity contribution is 0.514. The largest absolute Gasteiger partial charge is 0.347 e. The van der Waals surface area contributed by atoms with Crippen molar-refractivity contribution in [3.8, 4) is 0 Å². The molecular formula is C8H9N3O2. The fraction of sp³-hybridized carbons (Fsp3) is 0.250. The van der Waals surface area contributed by atoms with Gasteiger partial charge in [-0.15, -0.1) is 0 Å². The molecule has 5 nitrogen and oxygen atoms in total. The van der Waals surface area contributed by atoms with Crippen molar-refractivity contribution in [2.75, 3.05) is 0 Å². The summed E-state index contributed by atoms with van der Waals surface area (Å²) in [6.45, 7) is 0. The first kappa shape index (κ1) is 7.85. The molecule has 0 aliphatic heterocycles. The number of nitrogens with zero attached hydrogens (tertiary/aromatic N) is 3. The summed E-state index contributed by atoms with van der Waals surface area (Å²) >= 11 is 0. The Morgan fingerprint density at radius 1 is 1.15 bits per heavy atom. The molecule has 0 saturated carbocycles. The Labute approximate surface area is 73.4 Å². The zero-order valence-electron chi connectivity index (χ0n) is 7.39. The van der Waals surface area contributed by atoms with E-state index in [1.807, 2.05) is 0 Å². The molecule has 2 heterocycles. The van der Waals surface area contributed by atoms with Gasteiger partial charge in [0.2, 0.25) is 0 Å². The maximum atomic E-state index is 11.5. The summed E-state index contributed by atoms with van der Waals surface area (Å²) in [5, 5.41) is 0. The van der Waals surface area contributed by atoms with Gasteiger partial charge in [0.05, 0.1) is 0 Å². The predicted octanol–water partition coefficient (Wildman–Crippen LogP) is -0.663. The number of rotatable bonds is 0. The van der Waals surface area contributed by atoms with Crippen LogP contribution in [0.3, 0.4) is 0 Å². The van der Waals surface area contributed by atoms with Crippen LogP contribution in [0, 0.1) is 0 Å². The van der Waals surface area contributed by atoms with Gasteiger partial charge >= 0.3 is 5.69 Å². The normalized spacial score (nSPS) is 10.9. The molecule has 68 valence electrons. The first-order valence-corrected chi connectivity index (χ1v) is 3.86. The number of hydrogen-bond donors (Lipinski definition) is 0. The first-order valence-electron chi connectivity index (χ1n) is 3.86. The summed E-state index contributed by atoms with van der Waals surface area (Å²) in [6, 6.07) is 3.31. The van der Waals surface area contributed by atoms with Gasteiger partial charge in [0.15, 0.2) is 0 Å². The zero-order chi connectivity index (χ0) is 9.59. The summed E-state index contributed by atoms with van der Waals surface area (Å²) in [5.74, 6) is 0. The molecule has 0 saturated heterocycles. The molecule has 13 heavy (non-hydrogen) atoms. The van der Waals surface area contributed by atoms with Gasteiger partial charge in [-0.25, -0.2) is 14.2 Å². The van der Waals surface area contributed by atoms with Crippen molar-refractivity contribution in [1.29, 1.82) is 0 Å². The monoisotopic (exact) mass is 179 g/mol. The molecule has 0 N–H and O–H groups in total. The highest BCUT2D eigenvalue weighted by molar-refractivity contribution is 5.44. The molecule has 0 radical (unpaired) electrons. The van der Waals surface area contributed by atoms with Gasteiger partial charge in [-0.2, -0.15) is 0 Å². The second kappa shape index (κ2) is 2.35. The Bertz CT molecular complexity index is 523. The summed E-state index contributed by atoms with van der Waals surface area (Å²) in [4.78, 5) is 23.1. The lowest BCUT2D eigenvalue weighted by atomic mass is 10.5. The van der Waals surface area contributed by atoms with Gasteiger partial charge in [0, 0.05) is 20.3 Å². The van der Waals surface area contributed by atoms with Crippen molar-refractivity contribution in [1.82, 2.24) is 13.8 Å². The van der Waals surface area contributed by atoms with Crippen LogP contribution in [0.5, 0.6) is 0 Å². The van der Waals surface area contributed by atoms with Crippen molar-refractivity contribution in [2.24, 2.45) is 14.1 Å². The smallest absolute Gasteiger partial charge is 0.265 e. The minimum atomic E-state index is -0.220. The van der Waals surface area contributed by atoms with Gasteiger partial charge in [-0.05, 0) is 12.1 Å². The van der Waals surface area contributed by atoms with Crippen molar-refractivity contribution < 1.29 is 0 Å². The topological polar surface area (TPSA) is 48.4 Å². The Morgan fingerprint density at radius 3 is 2.54 bits per heavy atom. The molecule has 2 aromatic rings. The first-order chi connectivity index (χ1) is 6.13. The molecule has 5 heteroatoms. The van der Waals surface area contributed by atoms with Crippen molar-refractivity contribution in [2.45, 2.75) is 0 Å². The minimum Gasteiger partial charge on any atom is -0.265 e. The molecule has 2 rings (SSSR count). The Kier molecular flexibility index (Phi) is 1.42. The van der Waals surface area contributed by atoms with Crippen LogP contribution in [0.15, 0.2) is 27.9 Å². The number of hydrogen-bond acceptors (Lipinski definition) is 2. The van der Waals surface area contributed by atoms with E-state index >= 15 is 0 Å². The number of fused-ring (bicyclic) bond motifs is 1. The SMILES string of the molecule is Cn1c(=O)c2cccn2c(=O)n1C. The van der Waals surface area contributed by atoms with E-state index in [4.69, 9.17) is 0 Å². The van der Waals surface area contributed by atoms with Gasteiger partial charge in [0.25, 0.3) is 5.56 Å². The van der Waals surface area contributed by atoms with Crippen LogP contribution >= 0.6 is 0 Å². The van der Waals surface area contributed by atoms with E-state index in [1.54, 1.807) is 32.4 Å². The van der Waals surface area contributed by atoms with Crippen LogP contribution in [0.2, 0.25) is 0 Å². The lowest BCUT2D eigenvalue weighted by Crippen LogP contribution is -2.38.